The number of aliphatic hydroxyl groups excluding tert-OH is 1. The van der Waals surface area contributed by atoms with Crippen LogP contribution in [0, 0.1) is 5.92 Å². The number of halogens is 1. The number of H-pyrrole nitrogens is 1. The first-order chi connectivity index (χ1) is 11.1. The van der Waals surface area contributed by atoms with Crippen molar-refractivity contribution in [1.29, 1.82) is 0 Å². The summed E-state index contributed by atoms with van der Waals surface area (Å²) in [4.78, 5) is 14.4. The molecular weight excluding hydrogens is 314 g/mol. The zero-order chi connectivity index (χ0) is 16.4. The van der Waals surface area contributed by atoms with Gasteiger partial charge in [-0.25, -0.2) is 0 Å². The van der Waals surface area contributed by atoms with Gasteiger partial charge in [0.2, 0.25) is 0 Å². The van der Waals surface area contributed by atoms with Crippen molar-refractivity contribution in [1.82, 2.24) is 15.1 Å². The first-order valence-electron chi connectivity index (χ1n) is 7.84. The van der Waals surface area contributed by atoms with Crippen LogP contribution in [-0.4, -0.2) is 45.3 Å². The highest BCUT2D eigenvalue weighted by atomic mass is 35.5. The Balaban J connectivity index is 1.78. The number of nitrogens with one attached hydrogen (secondary N) is 1. The van der Waals surface area contributed by atoms with Crippen molar-refractivity contribution in [2.45, 2.75) is 25.9 Å². The number of hydrogen-bond acceptors (Lipinski definition) is 3. The number of carbonyl (C=O) groups excluding carboxylic acids is 1. The van der Waals surface area contributed by atoms with Gasteiger partial charge in [-0.3, -0.25) is 9.89 Å². The smallest absolute Gasteiger partial charge is 0.271 e. The van der Waals surface area contributed by atoms with E-state index in [1.54, 1.807) is 24.0 Å². The highest BCUT2D eigenvalue weighted by Gasteiger charge is 2.28. The molecule has 0 aliphatic carbocycles. The number of amides is 1. The second-order valence-corrected chi connectivity index (χ2v) is 6.45. The van der Waals surface area contributed by atoms with E-state index in [4.69, 9.17) is 11.6 Å². The Morgan fingerprint density at radius 1 is 1.48 bits per heavy atom. The predicted molar refractivity (Wildman–Crippen MR) is 89.3 cm³/mol. The predicted octanol–water partition coefficient (Wildman–Crippen LogP) is 2.96. The minimum atomic E-state index is -0.397. The molecule has 0 radical (unpaired) electrons. The van der Waals surface area contributed by atoms with Crippen LogP contribution >= 0.6 is 11.6 Å². The molecule has 2 N–H and O–H groups in total. The number of carbonyl (C=O) groups is 1. The van der Waals surface area contributed by atoms with Crippen molar-refractivity contribution in [2.75, 3.05) is 13.1 Å². The number of likely N-dealkylation sites (tertiary alicyclic amines) is 1. The largest absolute Gasteiger partial charge is 0.393 e. The fourth-order valence-corrected chi connectivity index (χ4v) is 3.23. The molecule has 1 aliphatic heterocycles. The molecular formula is C17H20ClN3O2. The summed E-state index contributed by atoms with van der Waals surface area (Å²) < 4.78 is 0. The molecule has 2 aromatic rings. The lowest BCUT2D eigenvalue weighted by molar-refractivity contribution is 0.0461. The maximum absolute atomic E-state index is 12.6. The Morgan fingerprint density at radius 3 is 3.00 bits per heavy atom. The fraction of sp³-hybridized carbons (Fsp3) is 0.412. The van der Waals surface area contributed by atoms with Crippen LogP contribution in [0.4, 0.5) is 0 Å². The van der Waals surface area contributed by atoms with E-state index in [1.165, 1.54) is 0 Å². The molecule has 2 atom stereocenters. The first-order valence-corrected chi connectivity index (χ1v) is 8.21. The average molecular weight is 334 g/mol. The van der Waals surface area contributed by atoms with Gasteiger partial charge in [0.05, 0.1) is 16.8 Å². The summed E-state index contributed by atoms with van der Waals surface area (Å²) in [7, 11) is 0. The number of nitrogens with zero attached hydrogens (tertiary/aromatic N) is 2. The quantitative estimate of drug-likeness (QED) is 0.907. The van der Waals surface area contributed by atoms with Crippen LogP contribution in [0.25, 0.3) is 11.3 Å². The molecule has 1 saturated heterocycles. The van der Waals surface area contributed by atoms with Crippen LogP contribution in [0.2, 0.25) is 5.02 Å². The SMILES string of the molecule is CC(O)C1CCCN(C(=O)c2cc(-c3ccccc3Cl)n[nH]2)C1. The van der Waals surface area contributed by atoms with Gasteiger partial charge < -0.3 is 10.0 Å². The van der Waals surface area contributed by atoms with E-state index < -0.39 is 6.10 Å². The van der Waals surface area contributed by atoms with Crippen molar-refractivity contribution in [2.24, 2.45) is 5.92 Å². The number of benzene rings is 1. The lowest BCUT2D eigenvalue weighted by atomic mass is 9.93. The van der Waals surface area contributed by atoms with Gasteiger partial charge >= 0.3 is 0 Å². The fourth-order valence-electron chi connectivity index (χ4n) is 3.00. The van der Waals surface area contributed by atoms with Crippen LogP contribution in [0.15, 0.2) is 30.3 Å². The van der Waals surface area contributed by atoms with Gasteiger partial charge in [-0.1, -0.05) is 29.8 Å². The molecule has 6 heteroatoms. The number of aliphatic hydroxyl groups is 1. The van der Waals surface area contributed by atoms with Crippen molar-refractivity contribution in [3.8, 4) is 11.3 Å². The van der Waals surface area contributed by atoms with E-state index in [9.17, 15) is 9.90 Å². The number of aromatic nitrogens is 2. The molecule has 23 heavy (non-hydrogen) atoms. The number of aromatic amines is 1. The molecule has 0 saturated carbocycles. The lowest BCUT2D eigenvalue weighted by Crippen LogP contribution is -2.43. The van der Waals surface area contributed by atoms with Crippen molar-refractivity contribution in [3.63, 3.8) is 0 Å². The summed E-state index contributed by atoms with van der Waals surface area (Å²) in [6, 6.07) is 9.14. The molecule has 0 spiro atoms. The van der Waals surface area contributed by atoms with Crippen molar-refractivity contribution >= 4 is 17.5 Å². The standard InChI is InChI=1S/C17H20ClN3O2/c1-11(22)12-5-4-8-21(10-12)17(23)16-9-15(19-20-16)13-6-2-3-7-14(13)18/h2-3,6-7,9,11-12,22H,4-5,8,10H2,1H3,(H,19,20). The zero-order valence-electron chi connectivity index (χ0n) is 13.0. The van der Waals surface area contributed by atoms with Crippen LogP contribution in [0.1, 0.15) is 30.3 Å². The van der Waals surface area contributed by atoms with Crippen molar-refractivity contribution < 1.29 is 9.90 Å². The summed E-state index contributed by atoms with van der Waals surface area (Å²) in [5.41, 5.74) is 1.90. The summed E-state index contributed by atoms with van der Waals surface area (Å²) in [6.45, 7) is 3.07. The van der Waals surface area contributed by atoms with Gasteiger partial charge in [0.15, 0.2) is 0 Å². The van der Waals surface area contributed by atoms with E-state index in [-0.39, 0.29) is 11.8 Å². The summed E-state index contributed by atoms with van der Waals surface area (Å²) >= 11 is 6.17. The molecule has 1 aromatic carbocycles. The Labute approximate surface area is 140 Å². The average Bonchev–Trinajstić information content (AvgIpc) is 3.04. The minimum absolute atomic E-state index is 0.0823. The number of rotatable bonds is 3. The van der Waals surface area contributed by atoms with Crippen LogP contribution in [0.5, 0.6) is 0 Å². The summed E-state index contributed by atoms with van der Waals surface area (Å²) in [5, 5.41) is 17.4. The van der Waals surface area contributed by atoms with Gasteiger partial charge in [0.1, 0.15) is 5.69 Å². The Kier molecular flexibility index (Phi) is 4.68. The molecule has 1 aromatic heterocycles. The van der Waals surface area contributed by atoms with Crippen LogP contribution in [0.3, 0.4) is 0 Å². The van der Waals surface area contributed by atoms with Gasteiger partial charge in [-0.15, -0.1) is 0 Å². The highest BCUT2D eigenvalue weighted by Crippen LogP contribution is 2.27. The second kappa shape index (κ2) is 6.72. The minimum Gasteiger partial charge on any atom is -0.393 e. The van der Waals surface area contributed by atoms with Gasteiger partial charge in [0.25, 0.3) is 5.91 Å². The summed E-state index contributed by atoms with van der Waals surface area (Å²) in [6.07, 6.45) is 1.47. The van der Waals surface area contributed by atoms with Crippen LogP contribution in [-0.2, 0) is 0 Å². The van der Waals surface area contributed by atoms with Gasteiger partial charge in [0, 0.05) is 24.6 Å². The van der Waals surface area contributed by atoms with Crippen LogP contribution < -0.4 is 0 Å². The molecule has 1 aliphatic rings. The molecule has 1 amide bonds. The molecule has 122 valence electrons. The maximum Gasteiger partial charge on any atom is 0.271 e. The number of piperidine rings is 1. The monoisotopic (exact) mass is 333 g/mol. The first kappa shape index (κ1) is 16.0. The lowest BCUT2D eigenvalue weighted by Gasteiger charge is -2.33. The third kappa shape index (κ3) is 3.41. The molecule has 2 unspecified atom stereocenters. The third-order valence-electron chi connectivity index (χ3n) is 4.39. The Morgan fingerprint density at radius 2 is 2.26 bits per heavy atom. The van der Waals surface area contributed by atoms with E-state index >= 15 is 0 Å². The van der Waals surface area contributed by atoms with E-state index in [0.29, 0.717) is 29.5 Å². The Bertz CT molecular complexity index is 699. The number of hydrogen-bond donors (Lipinski definition) is 2. The summed E-state index contributed by atoms with van der Waals surface area (Å²) in [5.74, 6) is 0.0554. The molecule has 0 bridgehead atoms. The maximum atomic E-state index is 12.6. The molecule has 5 nitrogen and oxygen atoms in total. The topological polar surface area (TPSA) is 69.2 Å². The van der Waals surface area contributed by atoms with E-state index in [0.717, 1.165) is 18.4 Å². The Hall–Kier alpha value is -1.85. The third-order valence-corrected chi connectivity index (χ3v) is 4.71. The van der Waals surface area contributed by atoms with Gasteiger partial charge in [-0.05, 0) is 31.9 Å². The normalized spacial score (nSPS) is 19.6. The molecule has 1 fully saturated rings. The highest BCUT2D eigenvalue weighted by molar-refractivity contribution is 6.33. The van der Waals surface area contributed by atoms with E-state index in [2.05, 4.69) is 10.2 Å². The second-order valence-electron chi connectivity index (χ2n) is 6.04. The van der Waals surface area contributed by atoms with E-state index in [1.807, 2.05) is 18.2 Å². The molecule has 2 heterocycles. The molecule has 3 rings (SSSR count). The zero-order valence-corrected chi connectivity index (χ0v) is 13.8. The van der Waals surface area contributed by atoms with Gasteiger partial charge in [-0.2, -0.15) is 5.10 Å². The van der Waals surface area contributed by atoms with Crippen molar-refractivity contribution in [3.05, 3.63) is 41.0 Å².